The summed E-state index contributed by atoms with van der Waals surface area (Å²) in [6.45, 7) is 4.11. The number of methoxy groups -OCH3 is 1. The van der Waals surface area contributed by atoms with Gasteiger partial charge in [-0.25, -0.2) is 5.01 Å². The number of nitrogens with zero attached hydrogens (tertiary/aromatic N) is 2. The molecule has 3 aliphatic heterocycles. The van der Waals surface area contributed by atoms with Crippen LogP contribution < -0.4 is 15.4 Å². The molecule has 4 unspecified atom stereocenters. The van der Waals surface area contributed by atoms with Crippen LogP contribution >= 0.6 is 0 Å². The van der Waals surface area contributed by atoms with Crippen LogP contribution in [0.2, 0.25) is 0 Å². The number of fused-ring (bicyclic) bond motifs is 1. The Hall–Kier alpha value is -4.45. The van der Waals surface area contributed by atoms with Crippen molar-refractivity contribution in [2.24, 2.45) is 0 Å². The number of amides is 4. The molecule has 5 rings (SSSR count). The molecule has 3 fully saturated rings. The molecule has 12 nitrogen and oxygen atoms in total. The van der Waals surface area contributed by atoms with Gasteiger partial charge in [0, 0.05) is 18.5 Å². The maximum atomic E-state index is 13.9. The van der Waals surface area contributed by atoms with Gasteiger partial charge in [0.2, 0.25) is 18.1 Å². The van der Waals surface area contributed by atoms with Gasteiger partial charge in [-0.3, -0.25) is 29.0 Å². The van der Waals surface area contributed by atoms with Crippen molar-refractivity contribution in [1.29, 1.82) is 0 Å². The molecule has 0 saturated carbocycles. The lowest BCUT2D eigenvalue weighted by molar-refractivity contribution is -0.177. The average Bonchev–Trinajstić information content (AvgIpc) is 3.29. The van der Waals surface area contributed by atoms with E-state index in [9.17, 15) is 24.0 Å². The first-order valence-electron chi connectivity index (χ1n) is 14.4. The first kappa shape index (κ1) is 30.0. The Morgan fingerprint density at radius 2 is 1.74 bits per heavy atom. The van der Waals surface area contributed by atoms with E-state index in [0.717, 1.165) is 16.7 Å². The Labute approximate surface area is 249 Å². The van der Waals surface area contributed by atoms with Gasteiger partial charge < -0.3 is 24.8 Å². The summed E-state index contributed by atoms with van der Waals surface area (Å²) in [5, 5.41) is 8.09. The molecule has 43 heavy (non-hydrogen) atoms. The Balaban J connectivity index is 1.30. The summed E-state index contributed by atoms with van der Waals surface area (Å²) in [7, 11) is 1.56. The van der Waals surface area contributed by atoms with Crippen LogP contribution in [0.25, 0.3) is 0 Å². The van der Waals surface area contributed by atoms with E-state index in [0.29, 0.717) is 24.2 Å². The van der Waals surface area contributed by atoms with E-state index in [1.807, 2.05) is 44.2 Å². The van der Waals surface area contributed by atoms with Gasteiger partial charge in [0.05, 0.1) is 20.1 Å². The van der Waals surface area contributed by atoms with Crippen LogP contribution in [0, 0.1) is 13.8 Å². The smallest absolute Gasteiger partial charge is 0.310 e. The van der Waals surface area contributed by atoms with E-state index in [2.05, 4.69) is 10.6 Å². The molecule has 4 atom stereocenters. The van der Waals surface area contributed by atoms with Gasteiger partial charge in [-0.15, -0.1) is 0 Å². The number of benzene rings is 2. The lowest BCUT2D eigenvalue weighted by Crippen LogP contribution is -2.64. The van der Waals surface area contributed by atoms with Gasteiger partial charge in [-0.2, -0.15) is 0 Å². The first-order valence-corrected chi connectivity index (χ1v) is 14.4. The highest BCUT2D eigenvalue weighted by Crippen LogP contribution is 2.28. The summed E-state index contributed by atoms with van der Waals surface area (Å²) < 4.78 is 16.5. The zero-order valence-electron chi connectivity index (χ0n) is 24.5. The lowest BCUT2D eigenvalue weighted by Gasteiger charge is -2.43. The molecule has 2 aromatic carbocycles. The zero-order valence-corrected chi connectivity index (χ0v) is 24.5. The molecular weight excluding hydrogens is 556 g/mol. The Morgan fingerprint density at radius 3 is 2.44 bits per heavy atom. The van der Waals surface area contributed by atoms with Crippen LogP contribution in [0.3, 0.4) is 0 Å². The number of rotatable bonds is 8. The minimum Gasteiger partial charge on any atom is -0.496 e. The van der Waals surface area contributed by atoms with Crippen molar-refractivity contribution < 1.29 is 38.2 Å². The maximum absolute atomic E-state index is 13.9. The predicted molar refractivity (Wildman–Crippen MR) is 152 cm³/mol. The minimum absolute atomic E-state index is 0.0303. The number of aryl methyl sites for hydroxylation is 2. The van der Waals surface area contributed by atoms with E-state index in [1.54, 1.807) is 19.2 Å². The molecule has 3 heterocycles. The predicted octanol–water partition coefficient (Wildman–Crippen LogP) is 1.91. The molecule has 3 aliphatic rings. The molecule has 2 N–H and O–H groups in total. The molecule has 0 aromatic heterocycles. The van der Waals surface area contributed by atoms with Crippen LogP contribution in [0.4, 0.5) is 0 Å². The third kappa shape index (κ3) is 6.48. The van der Waals surface area contributed by atoms with Gasteiger partial charge in [-0.1, -0.05) is 30.3 Å². The maximum Gasteiger partial charge on any atom is 0.310 e. The van der Waals surface area contributed by atoms with Crippen molar-refractivity contribution in [3.05, 3.63) is 64.7 Å². The highest BCUT2D eigenvalue weighted by atomic mass is 16.7. The van der Waals surface area contributed by atoms with E-state index >= 15 is 0 Å². The molecule has 0 spiro atoms. The van der Waals surface area contributed by atoms with Crippen molar-refractivity contribution in [2.75, 3.05) is 13.7 Å². The Kier molecular flexibility index (Phi) is 8.95. The van der Waals surface area contributed by atoms with Crippen LogP contribution in [0.1, 0.15) is 59.2 Å². The Bertz CT molecular complexity index is 1390. The highest BCUT2D eigenvalue weighted by Gasteiger charge is 2.46. The third-order valence-electron chi connectivity index (χ3n) is 7.94. The summed E-state index contributed by atoms with van der Waals surface area (Å²) in [5.74, 6) is -1.69. The number of nitrogens with one attached hydrogen (secondary N) is 2. The zero-order chi connectivity index (χ0) is 30.7. The topological polar surface area (TPSA) is 144 Å². The molecule has 3 saturated heterocycles. The molecular formula is C31H36N4O8. The van der Waals surface area contributed by atoms with Crippen molar-refractivity contribution in [1.82, 2.24) is 20.7 Å². The second-order valence-electron chi connectivity index (χ2n) is 11.0. The first-order chi connectivity index (χ1) is 20.7. The van der Waals surface area contributed by atoms with E-state index < -0.39 is 48.1 Å². The summed E-state index contributed by atoms with van der Waals surface area (Å²) >= 11 is 0. The number of hydrogen-bond donors (Lipinski definition) is 2. The monoisotopic (exact) mass is 592 g/mol. The SMILES string of the molecule is COc1c(C)cc(C(=O)NC2CCC(=O)N3CCCC(C(=O)NC4CC(=O)OC4OCc4ccccc4)N3C2=O)cc1C. The van der Waals surface area contributed by atoms with E-state index in [4.69, 9.17) is 14.2 Å². The molecule has 2 aromatic rings. The van der Waals surface area contributed by atoms with Crippen molar-refractivity contribution >= 4 is 29.6 Å². The molecule has 0 radical (unpaired) electrons. The fourth-order valence-electron chi connectivity index (χ4n) is 5.89. The summed E-state index contributed by atoms with van der Waals surface area (Å²) in [5.41, 5.74) is 2.78. The fourth-order valence-corrected chi connectivity index (χ4v) is 5.89. The lowest BCUT2D eigenvalue weighted by atomic mass is 10.0. The molecule has 4 amide bonds. The summed E-state index contributed by atoms with van der Waals surface area (Å²) in [6, 6.07) is 9.90. The number of hydrazine groups is 1. The number of hydrogen-bond acceptors (Lipinski definition) is 8. The van der Waals surface area contributed by atoms with Crippen LogP contribution in [-0.4, -0.2) is 77.7 Å². The average molecular weight is 593 g/mol. The molecule has 12 heteroatoms. The quantitative estimate of drug-likeness (QED) is 0.443. The largest absolute Gasteiger partial charge is 0.496 e. The van der Waals surface area contributed by atoms with E-state index in [1.165, 1.54) is 10.0 Å². The van der Waals surface area contributed by atoms with Gasteiger partial charge in [0.15, 0.2) is 0 Å². The molecule has 0 bridgehead atoms. The van der Waals surface area contributed by atoms with Crippen molar-refractivity contribution in [3.63, 3.8) is 0 Å². The number of carbonyl (C=O) groups excluding carboxylic acids is 5. The fraction of sp³-hybridized carbons (Fsp3) is 0.452. The number of carbonyl (C=O) groups is 5. The van der Waals surface area contributed by atoms with Crippen LogP contribution in [0.5, 0.6) is 5.75 Å². The van der Waals surface area contributed by atoms with Crippen molar-refractivity contribution in [3.8, 4) is 5.75 Å². The van der Waals surface area contributed by atoms with Crippen molar-refractivity contribution in [2.45, 2.75) is 77.0 Å². The highest BCUT2D eigenvalue weighted by molar-refractivity contribution is 6.00. The number of cyclic esters (lactones) is 1. The number of esters is 1. The van der Waals surface area contributed by atoms with Crippen LogP contribution in [-0.2, 0) is 35.3 Å². The van der Waals surface area contributed by atoms with Gasteiger partial charge in [0.1, 0.15) is 23.9 Å². The Morgan fingerprint density at radius 1 is 1.02 bits per heavy atom. The molecule has 0 aliphatic carbocycles. The minimum atomic E-state index is -1.02. The second-order valence-corrected chi connectivity index (χ2v) is 11.0. The normalized spacial score (nSPS) is 23.7. The summed E-state index contributed by atoms with van der Waals surface area (Å²) in [4.78, 5) is 65.9. The van der Waals surface area contributed by atoms with E-state index in [-0.39, 0.29) is 38.3 Å². The second kappa shape index (κ2) is 12.8. The van der Waals surface area contributed by atoms with Crippen LogP contribution in [0.15, 0.2) is 42.5 Å². The van der Waals surface area contributed by atoms with Gasteiger partial charge in [-0.05, 0) is 61.9 Å². The van der Waals surface area contributed by atoms with Gasteiger partial charge in [0.25, 0.3) is 11.8 Å². The standard InChI is InChI=1S/C31H36N4O8/c1-18-14-21(15-19(2)27(18)41-3)28(38)32-22-11-12-25(36)34-13-7-10-24(35(34)30(22)40)29(39)33-23-16-26(37)43-31(23)42-17-20-8-5-4-6-9-20/h4-6,8-9,14-15,22-24,31H,7,10-13,16-17H2,1-3H3,(H,32,38)(H,33,39). The summed E-state index contributed by atoms with van der Waals surface area (Å²) in [6.07, 6.45) is -0.157. The molecule has 228 valence electrons. The third-order valence-corrected chi connectivity index (χ3v) is 7.94. The van der Waals surface area contributed by atoms with Gasteiger partial charge >= 0.3 is 5.97 Å². The number of ether oxygens (including phenoxy) is 3.